The summed E-state index contributed by atoms with van der Waals surface area (Å²) < 4.78 is 5.77. The molecule has 0 aromatic heterocycles. The lowest BCUT2D eigenvalue weighted by Gasteiger charge is -2.33. The van der Waals surface area contributed by atoms with E-state index in [2.05, 4.69) is 38.7 Å². The lowest BCUT2D eigenvalue weighted by atomic mass is 9.93. The maximum Gasteiger partial charge on any atom is 0.191 e. The summed E-state index contributed by atoms with van der Waals surface area (Å²) in [4.78, 5) is 7.09. The number of nitrogens with zero attached hydrogens (tertiary/aromatic N) is 2. The highest BCUT2D eigenvalue weighted by Gasteiger charge is 2.27. The Bertz CT molecular complexity index is 620. The van der Waals surface area contributed by atoms with Crippen molar-refractivity contribution < 1.29 is 4.74 Å². The van der Waals surface area contributed by atoms with Gasteiger partial charge < -0.3 is 20.3 Å². The molecule has 0 radical (unpaired) electrons. The topological polar surface area (TPSA) is 48.9 Å². The number of para-hydroxylation sites is 1. The smallest absolute Gasteiger partial charge is 0.191 e. The van der Waals surface area contributed by atoms with Gasteiger partial charge in [-0.2, -0.15) is 0 Å². The van der Waals surface area contributed by atoms with Crippen LogP contribution in [0.2, 0.25) is 0 Å². The summed E-state index contributed by atoms with van der Waals surface area (Å²) >= 11 is 0. The first-order valence-electron chi connectivity index (χ1n) is 10.2. The van der Waals surface area contributed by atoms with Gasteiger partial charge in [0.05, 0.1) is 6.61 Å². The predicted octanol–water partition coefficient (Wildman–Crippen LogP) is 2.59. The second kappa shape index (κ2) is 8.30. The molecule has 1 aliphatic carbocycles. The molecule has 0 bridgehead atoms. The third kappa shape index (κ3) is 4.50. The van der Waals surface area contributed by atoms with E-state index in [-0.39, 0.29) is 0 Å². The Balaban J connectivity index is 1.24. The van der Waals surface area contributed by atoms with Gasteiger partial charge in [-0.05, 0) is 49.7 Å². The summed E-state index contributed by atoms with van der Waals surface area (Å²) in [5, 5.41) is 7.19. The molecule has 0 spiro atoms. The number of benzene rings is 1. The van der Waals surface area contributed by atoms with Crippen LogP contribution in [0.4, 0.5) is 0 Å². The number of likely N-dealkylation sites (tertiary alicyclic amines) is 1. The van der Waals surface area contributed by atoms with Crippen LogP contribution < -0.4 is 15.4 Å². The van der Waals surface area contributed by atoms with Crippen LogP contribution in [0, 0.1) is 5.92 Å². The van der Waals surface area contributed by atoms with Crippen LogP contribution in [-0.2, 0) is 0 Å². The van der Waals surface area contributed by atoms with Gasteiger partial charge in [0.1, 0.15) is 5.75 Å². The van der Waals surface area contributed by atoms with E-state index in [4.69, 9.17) is 4.74 Å². The first-order chi connectivity index (χ1) is 12.8. The highest BCUT2D eigenvalue weighted by atomic mass is 16.5. The van der Waals surface area contributed by atoms with Crippen molar-refractivity contribution >= 4 is 5.96 Å². The molecule has 2 heterocycles. The summed E-state index contributed by atoms with van der Waals surface area (Å²) in [6.45, 7) is 5.47. The molecule has 1 atom stereocenters. The van der Waals surface area contributed by atoms with Crippen molar-refractivity contribution in [3.63, 3.8) is 0 Å². The molecule has 1 aromatic rings. The third-order valence-corrected chi connectivity index (χ3v) is 5.96. The third-order valence-electron chi connectivity index (χ3n) is 5.96. The molecule has 1 saturated heterocycles. The minimum Gasteiger partial charge on any atom is -0.493 e. The fourth-order valence-corrected chi connectivity index (χ4v) is 4.16. The van der Waals surface area contributed by atoms with Crippen molar-refractivity contribution in [3.8, 4) is 5.75 Å². The van der Waals surface area contributed by atoms with Crippen molar-refractivity contribution in [1.82, 2.24) is 15.5 Å². The van der Waals surface area contributed by atoms with Gasteiger partial charge in [0.2, 0.25) is 0 Å². The maximum atomic E-state index is 5.77. The molecule has 2 aliphatic heterocycles. The minimum absolute atomic E-state index is 0.485. The number of piperidine rings is 1. The molecule has 5 nitrogen and oxygen atoms in total. The maximum absolute atomic E-state index is 5.77. The molecule has 5 heteroatoms. The standard InChI is InChI=1S/C21H32N4O/c1-22-21(24-18-8-11-25(12-9-18)15-16-6-7-16)23-14-17-10-13-26-20-5-3-2-4-19(17)20/h2-5,16-18H,6-15H2,1H3,(H2,22,23,24). The van der Waals surface area contributed by atoms with Gasteiger partial charge in [-0.3, -0.25) is 4.99 Å². The van der Waals surface area contributed by atoms with Crippen LogP contribution in [0.25, 0.3) is 0 Å². The van der Waals surface area contributed by atoms with Gasteiger partial charge in [-0.1, -0.05) is 18.2 Å². The van der Waals surface area contributed by atoms with E-state index in [0.717, 1.165) is 37.2 Å². The summed E-state index contributed by atoms with van der Waals surface area (Å²) in [5.74, 6) is 3.46. The van der Waals surface area contributed by atoms with E-state index >= 15 is 0 Å². The second-order valence-electron chi connectivity index (χ2n) is 7.99. The zero-order chi connectivity index (χ0) is 17.8. The van der Waals surface area contributed by atoms with Crippen molar-refractivity contribution in [1.29, 1.82) is 0 Å². The SMILES string of the molecule is CN=C(NCC1CCOc2ccccc21)NC1CCN(CC2CC2)CC1. The monoisotopic (exact) mass is 356 g/mol. The number of ether oxygens (including phenoxy) is 1. The Kier molecular flexibility index (Phi) is 5.63. The van der Waals surface area contributed by atoms with E-state index < -0.39 is 0 Å². The molecule has 4 rings (SSSR count). The average Bonchev–Trinajstić information content (AvgIpc) is 3.50. The quantitative estimate of drug-likeness (QED) is 0.629. The molecule has 1 unspecified atom stereocenters. The summed E-state index contributed by atoms with van der Waals surface area (Å²) in [7, 11) is 1.87. The number of rotatable bonds is 5. The van der Waals surface area contributed by atoms with Crippen molar-refractivity contribution in [3.05, 3.63) is 29.8 Å². The Morgan fingerprint density at radius 1 is 1.15 bits per heavy atom. The first kappa shape index (κ1) is 17.7. The van der Waals surface area contributed by atoms with Gasteiger partial charge in [0.15, 0.2) is 5.96 Å². The van der Waals surface area contributed by atoms with Gasteiger partial charge in [0, 0.05) is 45.2 Å². The molecule has 142 valence electrons. The minimum atomic E-state index is 0.485. The van der Waals surface area contributed by atoms with Crippen LogP contribution >= 0.6 is 0 Å². The van der Waals surface area contributed by atoms with Gasteiger partial charge in [-0.15, -0.1) is 0 Å². The molecule has 1 aromatic carbocycles. The van der Waals surface area contributed by atoms with Crippen molar-refractivity contribution in [2.75, 3.05) is 39.8 Å². The molecular formula is C21H32N4O. The second-order valence-corrected chi connectivity index (χ2v) is 7.99. The molecule has 0 amide bonds. The molecule has 1 saturated carbocycles. The number of fused-ring (bicyclic) bond motifs is 1. The molecule has 2 fully saturated rings. The van der Waals surface area contributed by atoms with Gasteiger partial charge in [0.25, 0.3) is 0 Å². The molecule has 2 N–H and O–H groups in total. The fourth-order valence-electron chi connectivity index (χ4n) is 4.16. The number of hydrogen-bond acceptors (Lipinski definition) is 3. The number of nitrogens with one attached hydrogen (secondary N) is 2. The van der Waals surface area contributed by atoms with Crippen LogP contribution in [0.15, 0.2) is 29.3 Å². The van der Waals surface area contributed by atoms with Gasteiger partial charge in [-0.25, -0.2) is 0 Å². The van der Waals surface area contributed by atoms with E-state index in [1.54, 1.807) is 0 Å². The lowest BCUT2D eigenvalue weighted by Crippen LogP contribution is -2.49. The molecule has 26 heavy (non-hydrogen) atoms. The zero-order valence-electron chi connectivity index (χ0n) is 15.9. The fraction of sp³-hybridized carbons (Fsp3) is 0.667. The summed E-state index contributed by atoms with van der Waals surface area (Å²) in [6, 6.07) is 8.95. The van der Waals surface area contributed by atoms with Crippen molar-refractivity contribution in [2.24, 2.45) is 10.9 Å². The summed E-state index contributed by atoms with van der Waals surface area (Å²) in [6.07, 6.45) is 6.38. The van der Waals surface area contributed by atoms with Crippen LogP contribution in [0.5, 0.6) is 5.75 Å². The number of aliphatic imine (C=N–C) groups is 1. The van der Waals surface area contributed by atoms with Crippen LogP contribution in [0.1, 0.15) is 43.6 Å². The largest absolute Gasteiger partial charge is 0.493 e. The first-order valence-corrected chi connectivity index (χ1v) is 10.2. The molecular weight excluding hydrogens is 324 g/mol. The van der Waals surface area contributed by atoms with E-state index in [1.165, 1.54) is 50.9 Å². The van der Waals surface area contributed by atoms with Crippen LogP contribution in [-0.4, -0.2) is 56.7 Å². The predicted molar refractivity (Wildman–Crippen MR) is 106 cm³/mol. The average molecular weight is 357 g/mol. The van der Waals surface area contributed by atoms with E-state index in [9.17, 15) is 0 Å². The Morgan fingerprint density at radius 2 is 1.96 bits per heavy atom. The van der Waals surface area contributed by atoms with E-state index in [0.29, 0.717) is 12.0 Å². The normalized spacial score (nSPS) is 24.7. The summed E-state index contributed by atoms with van der Waals surface area (Å²) in [5.41, 5.74) is 1.31. The lowest BCUT2D eigenvalue weighted by molar-refractivity contribution is 0.198. The zero-order valence-corrected chi connectivity index (χ0v) is 15.9. The molecule has 3 aliphatic rings. The van der Waals surface area contributed by atoms with Crippen molar-refractivity contribution in [2.45, 2.75) is 44.1 Å². The Hall–Kier alpha value is -1.75. The highest BCUT2D eigenvalue weighted by Crippen LogP contribution is 2.33. The Labute approximate surface area is 157 Å². The van der Waals surface area contributed by atoms with E-state index in [1.807, 2.05) is 13.1 Å². The Morgan fingerprint density at radius 3 is 2.73 bits per heavy atom. The number of guanidine groups is 1. The van der Waals surface area contributed by atoms with Gasteiger partial charge >= 0.3 is 0 Å². The number of hydrogen-bond donors (Lipinski definition) is 2. The highest BCUT2D eigenvalue weighted by molar-refractivity contribution is 5.80. The van der Waals surface area contributed by atoms with Crippen LogP contribution in [0.3, 0.4) is 0 Å².